The van der Waals surface area contributed by atoms with Gasteiger partial charge in [-0.3, -0.25) is 4.79 Å². The van der Waals surface area contributed by atoms with Gasteiger partial charge >= 0.3 is 0 Å². The lowest BCUT2D eigenvalue weighted by molar-refractivity contribution is 0.0936. The maximum Gasteiger partial charge on any atom is 0.251 e. The summed E-state index contributed by atoms with van der Waals surface area (Å²) in [6, 6.07) is 15.0. The SMILES string of the molecule is CS(=O)(=O)Cc1ccc(C(=O)NC2CCc3ccccc32)cc1. The van der Waals surface area contributed by atoms with Gasteiger partial charge in [-0.1, -0.05) is 36.4 Å². The predicted molar refractivity (Wildman–Crippen MR) is 90.0 cm³/mol. The molecule has 4 nitrogen and oxygen atoms in total. The lowest BCUT2D eigenvalue weighted by Gasteiger charge is -2.14. The second-order valence-electron chi connectivity index (χ2n) is 6.03. The molecule has 0 fully saturated rings. The van der Waals surface area contributed by atoms with Gasteiger partial charge in [0.2, 0.25) is 0 Å². The van der Waals surface area contributed by atoms with E-state index in [1.807, 2.05) is 12.1 Å². The molecule has 1 atom stereocenters. The number of fused-ring (bicyclic) bond motifs is 1. The highest BCUT2D eigenvalue weighted by Crippen LogP contribution is 2.30. The summed E-state index contributed by atoms with van der Waals surface area (Å²) in [5.74, 6) is -0.136. The molecular weight excluding hydrogens is 310 g/mol. The molecule has 0 aliphatic heterocycles. The maximum absolute atomic E-state index is 12.4. The highest BCUT2D eigenvalue weighted by molar-refractivity contribution is 7.89. The van der Waals surface area contributed by atoms with Crippen molar-refractivity contribution in [1.29, 1.82) is 0 Å². The van der Waals surface area contributed by atoms with E-state index in [-0.39, 0.29) is 17.7 Å². The minimum atomic E-state index is -3.06. The third-order valence-electron chi connectivity index (χ3n) is 4.08. The summed E-state index contributed by atoms with van der Waals surface area (Å²) in [4.78, 5) is 12.4. The van der Waals surface area contributed by atoms with Crippen molar-refractivity contribution >= 4 is 15.7 Å². The third-order valence-corrected chi connectivity index (χ3v) is 4.94. The van der Waals surface area contributed by atoms with E-state index in [4.69, 9.17) is 0 Å². The van der Waals surface area contributed by atoms with E-state index in [1.165, 1.54) is 17.4 Å². The predicted octanol–water partition coefficient (Wildman–Crippen LogP) is 2.65. The van der Waals surface area contributed by atoms with Crippen LogP contribution >= 0.6 is 0 Å². The monoisotopic (exact) mass is 329 g/mol. The summed E-state index contributed by atoms with van der Waals surface area (Å²) < 4.78 is 22.6. The summed E-state index contributed by atoms with van der Waals surface area (Å²) in [6.45, 7) is 0. The van der Waals surface area contributed by atoms with Crippen molar-refractivity contribution in [3.05, 3.63) is 70.8 Å². The topological polar surface area (TPSA) is 63.2 Å². The Morgan fingerprint density at radius 1 is 1.13 bits per heavy atom. The molecule has 0 radical (unpaired) electrons. The second kappa shape index (κ2) is 6.16. The van der Waals surface area contributed by atoms with Gasteiger partial charge in [-0.2, -0.15) is 0 Å². The van der Waals surface area contributed by atoms with Gasteiger partial charge in [0.15, 0.2) is 9.84 Å². The third kappa shape index (κ3) is 3.79. The number of benzene rings is 2. The first-order chi connectivity index (χ1) is 10.9. The van der Waals surface area contributed by atoms with Crippen molar-refractivity contribution in [1.82, 2.24) is 5.32 Å². The fourth-order valence-corrected chi connectivity index (χ4v) is 3.80. The molecule has 0 saturated carbocycles. The zero-order valence-electron chi connectivity index (χ0n) is 13.0. The molecule has 3 rings (SSSR count). The first kappa shape index (κ1) is 15.7. The van der Waals surface area contributed by atoms with E-state index in [2.05, 4.69) is 17.4 Å². The first-order valence-corrected chi connectivity index (χ1v) is 9.64. The average Bonchev–Trinajstić information content (AvgIpc) is 2.90. The number of aryl methyl sites for hydroxylation is 1. The van der Waals surface area contributed by atoms with Gasteiger partial charge in [-0.25, -0.2) is 8.42 Å². The van der Waals surface area contributed by atoms with Gasteiger partial charge in [0.1, 0.15) is 0 Å². The van der Waals surface area contributed by atoms with Crippen LogP contribution in [0.5, 0.6) is 0 Å². The molecule has 0 bridgehead atoms. The quantitative estimate of drug-likeness (QED) is 0.938. The fourth-order valence-electron chi connectivity index (χ4n) is 3.00. The summed E-state index contributed by atoms with van der Waals surface area (Å²) in [6.07, 6.45) is 3.09. The minimum absolute atomic E-state index is 0.00903. The average molecular weight is 329 g/mol. The number of rotatable bonds is 4. The Labute approximate surface area is 136 Å². The Hall–Kier alpha value is -2.14. The largest absolute Gasteiger partial charge is 0.345 e. The van der Waals surface area contributed by atoms with Crippen molar-refractivity contribution in [2.45, 2.75) is 24.6 Å². The number of carbonyl (C=O) groups is 1. The fraction of sp³-hybridized carbons (Fsp3) is 0.278. The lowest BCUT2D eigenvalue weighted by atomic mass is 10.1. The van der Waals surface area contributed by atoms with Gasteiger partial charge in [0, 0.05) is 11.8 Å². The molecule has 1 unspecified atom stereocenters. The Morgan fingerprint density at radius 3 is 2.52 bits per heavy atom. The molecular formula is C18H19NO3S. The molecule has 2 aromatic rings. The molecule has 0 aromatic heterocycles. The zero-order valence-corrected chi connectivity index (χ0v) is 13.8. The van der Waals surface area contributed by atoms with Crippen molar-refractivity contribution in [3.63, 3.8) is 0 Å². The molecule has 1 aliphatic rings. The lowest BCUT2D eigenvalue weighted by Crippen LogP contribution is -2.27. The normalized spacial score (nSPS) is 16.8. The van der Waals surface area contributed by atoms with Crippen molar-refractivity contribution < 1.29 is 13.2 Å². The summed E-state index contributed by atoms with van der Waals surface area (Å²) in [7, 11) is -3.06. The molecule has 0 saturated heterocycles. The van der Waals surface area contributed by atoms with Crippen LogP contribution in [0.3, 0.4) is 0 Å². The van der Waals surface area contributed by atoms with Crippen LogP contribution < -0.4 is 5.32 Å². The highest BCUT2D eigenvalue weighted by atomic mass is 32.2. The number of sulfone groups is 1. The van der Waals surface area contributed by atoms with Gasteiger partial charge in [-0.15, -0.1) is 0 Å². The Morgan fingerprint density at radius 2 is 1.83 bits per heavy atom. The van der Waals surface area contributed by atoms with E-state index < -0.39 is 9.84 Å². The van der Waals surface area contributed by atoms with Gasteiger partial charge in [0.25, 0.3) is 5.91 Å². The van der Waals surface area contributed by atoms with E-state index in [0.717, 1.165) is 12.8 Å². The smallest absolute Gasteiger partial charge is 0.251 e. The summed E-state index contributed by atoms with van der Waals surface area (Å²) >= 11 is 0. The Balaban J connectivity index is 1.70. The number of hydrogen-bond donors (Lipinski definition) is 1. The zero-order chi connectivity index (χ0) is 16.4. The van der Waals surface area contributed by atoms with Crippen LogP contribution in [0.2, 0.25) is 0 Å². The van der Waals surface area contributed by atoms with Gasteiger partial charge < -0.3 is 5.32 Å². The minimum Gasteiger partial charge on any atom is -0.345 e. The molecule has 5 heteroatoms. The van der Waals surface area contributed by atoms with Crippen LogP contribution in [-0.4, -0.2) is 20.6 Å². The maximum atomic E-state index is 12.4. The first-order valence-electron chi connectivity index (χ1n) is 7.58. The summed E-state index contributed by atoms with van der Waals surface area (Å²) in [5.41, 5.74) is 3.72. The van der Waals surface area contributed by atoms with E-state index >= 15 is 0 Å². The van der Waals surface area contributed by atoms with Crippen LogP contribution in [0.4, 0.5) is 0 Å². The van der Waals surface area contributed by atoms with Crippen LogP contribution in [0, 0.1) is 0 Å². The van der Waals surface area contributed by atoms with Crippen molar-refractivity contribution in [2.75, 3.05) is 6.26 Å². The molecule has 120 valence electrons. The van der Waals surface area contributed by atoms with Crippen LogP contribution in [0.1, 0.15) is 39.5 Å². The molecule has 0 heterocycles. The van der Waals surface area contributed by atoms with Crippen LogP contribution in [0.25, 0.3) is 0 Å². The molecule has 2 aromatic carbocycles. The van der Waals surface area contributed by atoms with E-state index in [0.29, 0.717) is 11.1 Å². The Bertz CT molecular complexity index is 826. The summed E-state index contributed by atoms with van der Waals surface area (Å²) in [5, 5.41) is 3.06. The van der Waals surface area contributed by atoms with Crippen LogP contribution in [-0.2, 0) is 22.0 Å². The molecule has 1 aliphatic carbocycles. The van der Waals surface area contributed by atoms with E-state index in [9.17, 15) is 13.2 Å². The van der Waals surface area contributed by atoms with Crippen molar-refractivity contribution in [2.24, 2.45) is 0 Å². The van der Waals surface area contributed by atoms with E-state index in [1.54, 1.807) is 24.3 Å². The molecule has 1 amide bonds. The second-order valence-corrected chi connectivity index (χ2v) is 8.17. The van der Waals surface area contributed by atoms with Gasteiger partial charge in [0.05, 0.1) is 11.8 Å². The van der Waals surface area contributed by atoms with Gasteiger partial charge in [-0.05, 0) is 41.7 Å². The standard InChI is InChI=1S/C18H19NO3S/c1-23(21,22)12-13-6-8-15(9-7-13)18(20)19-17-11-10-14-4-2-3-5-16(14)17/h2-9,17H,10-12H2,1H3,(H,19,20). The van der Waals surface area contributed by atoms with Crippen molar-refractivity contribution in [3.8, 4) is 0 Å². The Kier molecular flexibility index (Phi) is 4.22. The highest BCUT2D eigenvalue weighted by Gasteiger charge is 2.23. The number of hydrogen-bond acceptors (Lipinski definition) is 3. The molecule has 1 N–H and O–H groups in total. The number of carbonyl (C=O) groups excluding carboxylic acids is 1. The molecule has 0 spiro atoms. The number of amides is 1. The molecule has 23 heavy (non-hydrogen) atoms. The number of nitrogens with one attached hydrogen (secondary N) is 1. The van der Waals surface area contributed by atoms with Crippen LogP contribution in [0.15, 0.2) is 48.5 Å².